The van der Waals surface area contributed by atoms with Crippen LogP contribution in [0.2, 0.25) is 0 Å². The van der Waals surface area contributed by atoms with Crippen LogP contribution >= 0.6 is 12.4 Å². The van der Waals surface area contributed by atoms with Gasteiger partial charge in [0.15, 0.2) is 0 Å². The molecule has 1 amide bonds. The van der Waals surface area contributed by atoms with Gasteiger partial charge in [0.05, 0.1) is 11.0 Å². The van der Waals surface area contributed by atoms with E-state index in [9.17, 15) is 4.79 Å². The lowest BCUT2D eigenvalue weighted by Gasteiger charge is -2.27. The molecule has 1 aromatic heterocycles. The molecular formula is C15H21ClN4O. The Morgan fingerprint density at radius 3 is 2.86 bits per heavy atom. The highest BCUT2D eigenvalue weighted by atomic mass is 35.5. The molecule has 1 heterocycles. The number of halogens is 1. The van der Waals surface area contributed by atoms with Gasteiger partial charge in [0, 0.05) is 12.5 Å². The SMILES string of the molecule is Cl.NC1CCCCC1CC(=O)Nc1nc2ccccc2[nH]1. The smallest absolute Gasteiger partial charge is 0.227 e. The average molecular weight is 309 g/mol. The third-order valence-electron chi connectivity index (χ3n) is 4.06. The lowest BCUT2D eigenvalue weighted by Crippen LogP contribution is -2.35. The molecule has 1 fully saturated rings. The standard InChI is InChI=1S/C15H20N4O.ClH/c16-11-6-2-1-5-10(11)9-14(20)19-15-17-12-7-3-4-8-13(12)18-15;/h3-4,7-8,10-11H,1-2,5-6,9,16H2,(H2,17,18,19,20);1H. The summed E-state index contributed by atoms with van der Waals surface area (Å²) >= 11 is 0. The lowest BCUT2D eigenvalue weighted by molar-refractivity contribution is -0.117. The number of nitrogens with two attached hydrogens (primary N) is 1. The van der Waals surface area contributed by atoms with Gasteiger partial charge in [0.2, 0.25) is 11.9 Å². The van der Waals surface area contributed by atoms with Crippen molar-refractivity contribution in [2.45, 2.75) is 38.1 Å². The maximum absolute atomic E-state index is 12.1. The van der Waals surface area contributed by atoms with Crippen molar-refractivity contribution in [3.8, 4) is 0 Å². The first-order valence-corrected chi connectivity index (χ1v) is 7.22. The van der Waals surface area contributed by atoms with Crippen molar-refractivity contribution in [2.75, 3.05) is 5.32 Å². The zero-order valence-electron chi connectivity index (χ0n) is 11.8. The molecule has 0 spiro atoms. The minimum absolute atomic E-state index is 0. The molecule has 1 aromatic carbocycles. The van der Waals surface area contributed by atoms with Gasteiger partial charge in [0.1, 0.15) is 0 Å². The average Bonchev–Trinajstić information content (AvgIpc) is 2.83. The molecule has 1 saturated carbocycles. The molecule has 0 radical (unpaired) electrons. The highest BCUT2D eigenvalue weighted by Gasteiger charge is 2.24. The topological polar surface area (TPSA) is 83.8 Å². The molecule has 114 valence electrons. The number of imidazole rings is 1. The first-order valence-electron chi connectivity index (χ1n) is 7.22. The molecule has 0 bridgehead atoms. The zero-order chi connectivity index (χ0) is 13.9. The number of aromatic amines is 1. The normalized spacial score (nSPS) is 21.8. The van der Waals surface area contributed by atoms with Crippen LogP contribution in [-0.4, -0.2) is 21.9 Å². The van der Waals surface area contributed by atoms with Gasteiger partial charge in [-0.25, -0.2) is 4.98 Å². The van der Waals surface area contributed by atoms with Gasteiger partial charge in [0.25, 0.3) is 0 Å². The minimum atomic E-state index is -0.00796. The van der Waals surface area contributed by atoms with Gasteiger partial charge in [-0.3, -0.25) is 10.1 Å². The van der Waals surface area contributed by atoms with E-state index in [4.69, 9.17) is 5.73 Å². The Morgan fingerprint density at radius 1 is 1.33 bits per heavy atom. The van der Waals surface area contributed by atoms with Crippen LogP contribution in [0.3, 0.4) is 0 Å². The molecule has 1 aliphatic carbocycles. The van der Waals surface area contributed by atoms with Crippen molar-refractivity contribution in [2.24, 2.45) is 11.7 Å². The fourth-order valence-electron chi connectivity index (χ4n) is 2.92. The maximum atomic E-state index is 12.1. The minimum Gasteiger partial charge on any atom is -0.327 e. The number of nitrogens with zero attached hydrogens (tertiary/aromatic N) is 1. The Bertz CT molecular complexity index is 579. The number of fused-ring (bicyclic) bond motifs is 1. The first-order chi connectivity index (χ1) is 9.72. The van der Waals surface area contributed by atoms with E-state index in [0.717, 1.165) is 23.9 Å². The van der Waals surface area contributed by atoms with Crippen molar-refractivity contribution < 1.29 is 4.79 Å². The molecule has 21 heavy (non-hydrogen) atoms. The third kappa shape index (κ3) is 3.74. The number of carbonyl (C=O) groups is 1. The molecular weight excluding hydrogens is 288 g/mol. The Balaban J connectivity index is 0.00000161. The summed E-state index contributed by atoms with van der Waals surface area (Å²) in [6.07, 6.45) is 4.93. The lowest BCUT2D eigenvalue weighted by atomic mass is 9.83. The second kappa shape index (κ2) is 6.91. The Morgan fingerprint density at radius 2 is 2.10 bits per heavy atom. The van der Waals surface area contributed by atoms with Gasteiger partial charge in [-0.05, 0) is 30.9 Å². The molecule has 3 rings (SSSR count). The van der Waals surface area contributed by atoms with Gasteiger partial charge >= 0.3 is 0 Å². The largest absolute Gasteiger partial charge is 0.327 e. The number of hydrogen-bond donors (Lipinski definition) is 3. The Labute approximate surface area is 130 Å². The number of para-hydroxylation sites is 2. The van der Waals surface area contributed by atoms with Crippen LogP contribution in [0.15, 0.2) is 24.3 Å². The van der Waals surface area contributed by atoms with Crippen molar-refractivity contribution in [1.29, 1.82) is 0 Å². The van der Waals surface area contributed by atoms with E-state index in [2.05, 4.69) is 15.3 Å². The van der Waals surface area contributed by atoms with Crippen molar-refractivity contribution in [3.63, 3.8) is 0 Å². The van der Waals surface area contributed by atoms with E-state index in [-0.39, 0.29) is 24.4 Å². The van der Waals surface area contributed by atoms with Crippen molar-refractivity contribution >= 4 is 35.3 Å². The van der Waals surface area contributed by atoms with Gasteiger partial charge in [-0.2, -0.15) is 0 Å². The van der Waals surface area contributed by atoms with E-state index in [1.165, 1.54) is 12.8 Å². The van der Waals surface area contributed by atoms with Crippen LogP contribution in [-0.2, 0) is 4.79 Å². The predicted molar refractivity (Wildman–Crippen MR) is 86.5 cm³/mol. The molecule has 0 aliphatic heterocycles. The van der Waals surface area contributed by atoms with E-state index >= 15 is 0 Å². The highest BCUT2D eigenvalue weighted by Crippen LogP contribution is 2.26. The number of carbonyl (C=O) groups excluding carboxylic acids is 1. The quantitative estimate of drug-likeness (QED) is 0.815. The van der Waals surface area contributed by atoms with Crippen LogP contribution in [0.4, 0.5) is 5.95 Å². The fourth-order valence-corrected chi connectivity index (χ4v) is 2.92. The van der Waals surface area contributed by atoms with Crippen molar-refractivity contribution in [1.82, 2.24) is 9.97 Å². The molecule has 2 unspecified atom stereocenters. The number of rotatable bonds is 3. The summed E-state index contributed by atoms with van der Waals surface area (Å²) in [5, 5.41) is 2.84. The second-order valence-electron chi connectivity index (χ2n) is 5.56. The summed E-state index contributed by atoms with van der Waals surface area (Å²) in [4.78, 5) is 19.5. The number of hydrogen-bond acceptors (Lipinski definition) is 3. The number of nitrogens with one attached hydrogen (secondary N) is 2. The molecule has 2 atom stereocenters. The van der Waals surface area contributed by atoms with E-state index < -0.39 is 0 Å². The van der Waals surface area contributed by atoms with Crippen molar-refractivity contribution in [3.05, 3.63) is 24.3 Å². The monoisotopic (exact) mass is 308 g/mol. The highest BCUT2D eigenvalue weighted by molar-refractivity contribution is 5.91. The zero-order valence-corrected chi connectivity index (χ0v) is 12.7. The molecule has 6 heteroatoms. The summed E-state index contributed by atoms with van der Waals surface area (Å²) < 4.78 is 0. The summed E-state index contributed by atoms with van der Waals surface area (Å²) in [7, 11) is 0. The second-order valence-corrected chi connectivity index (χ2v) is 5.56. The van der Waals surface area contributed by atoms with Gasteiger partial charge < -0.3 is 10.7 Å². The van der Waals surface area contributed by atoms with Gasteiger partial charge in [-0.1, -0.05) is 25.0 Å². The van der Waals surface area contributed by atoms with Gasteiger partial charge in [-0.15, -0.1) is 12.4 Å². The number of anilines is 1. The molecule has 0 saturated heterocycles. The van der Waals surface area contributed by atoms with Crippen LogP contribution in [0, 0.1) is 5.92 Å². The number of amides is 1. The number of aromatic nitrogens is 2. The summed E-state index contributed by atoms with van der Waals surface area (Å²) in [5.74, 6) is 0.806. The van der Waals surface area contributed by atoms with E-state index in [0.29, 0.717) is 18.3 Å². The van der Waals surface area contributed by atoms with E-state index in [1.54, 1.807) is 0 Å². The molecule has 4 N–H and O–H groups in total. The summed E-state index contributed by atoms with van der Waals surface area (Å²) in [6.45, 7) is 0. The van der Waals surface area contributed by atoms with Crippen LogP contribution in [0.25, 0.3) is 11.0 Å². The summed E-state index contributed by atoms with van der Waals surface area (Å²) in [5.41, 5.74) is 7.86. The van der Waals surface area contributed by atoms with Crippen LogP contribution < -0.4 is 11.1 Å². The van der Waals surface area contributed by atoms with Crippen LogP contribution in [0.5, 0.6) is 0 Å². The van der Waals surface area contributed by atoms with E-state index in [1.807, 2.05) is 24.3 Å². The molecule has 1 aliphatic rings. The summed E-state index contributed by atoms with van der Waals surface area (Å²) in [6, 6.07) is 7.88. The fraction of sp³-hybridized carbons (Fsp3) is 0.467. The Hall–Kier alpha value is -1.59. The number of benzene rings is 1. The molecule has 5 nitrogen and oxygen atoms in total. The van der Waals surface area contributed by atoms with Crippen LogP contribution in [0.1, 0.15) is 32.1 Å². The molecule has 2 aromatic rings. The Kier molecular flexibility index (Phi) is 5.20. The predicted octanol–water partition coefficient (Wildman–Crippen LogP) is 2.83. The first kappa shape index (κ1) is 15.8. The number of H-pyrrole nitrogens is 1. The third-order valence-corrected chi connectivity index (χ3v) is 4.06. The maximum Gasteiger partial charge on any atom is 0.227 e.